The number of rotatable bonds is 8. The van der Waals surface area contributed by atoms with Crippen LogP contribution in [0.5, 0.6) is 11.5 Å². The molecule has 9 heteroatoms. The van der Waals surface area contributed by atoms with Crippen molar-refractivity contribution in [3.05, 3.63) is 105 Å². The number of benzene rings is 4. The van der Waals surface area contributed by atoms with Gasteiger partial charge in [0.05, 0.1) is 15.6 Å². The van der Waals surface area contributed by atoms with Crippen LogP contribution in [-0.4, -0.2) is 35.6 Å². The number of halogens is 1. The molecular weight excluding hydrogens is 627 g/mol. The summed E-state index contributed by atoms with van der Waals surface area (Å²) in [5.41, 5.74) is 2.32. The zero-order valence-corrected chi connectivity index (χ0v) is 23.8. The molecule has 4 aromatic rings. The molecule has 0 saturated carbocycles. The van der Waals surface area contributed by atoms with Gasteiger partial charge in [0.2, 0.25) is 5.91 Å². The minimum absolute atomic E-state index is 0.230. The van der Waals surface area contributed by atoms with Crippen molar-refractivity contribution in [3.8, 4) is 11.5 Å². The van der Waals surface area contributed by atoms with Crippen LogP contribution in [0, 0.1) is 3.57 Å². The number of methoxy groups -OCH3 is 1. The Morgan fingerprint density at radius 2 is 1.74 bits per heavy atom. The Balaban J connectivity index is 1.29. The standard InChI is InChI=1S/C30H23IN2O5S/c1-37-25-15-20(14-23(31)28(25)38-18-19-8-3-2-4-9-19)16-26-29(35)33(30(36)39-26)17-27(34)32-24-13-7-11-21-10-5-6-12-22(21)24/h2-16H,17-18H2,1H3,(H,32,34)/b26-16+. The fourth-order valence-corrected chi connectivity index (χ4v) is 5.77. The van der Waals surface area contributed by atoms with Crippen LogP contribution in [0.3, 0.4) is 0 Å². The van der Waals surface area contributed by atoms with Gasteiger partial charge in [0, 0.05) is 11.1 Å². The number of nitrogens with zero attached hydrogens (tertiary/aromatic N) is 1. The Morgan fingerprint density at radius 3 is 2.54 bits per heavy atom. The average Bonchev–Trinajstić information content (AvgIpc) is 3.20. The zero-order chi connectivity index (χ0) is 27.4. The highest BCUT2D eigenvalue weighted by molar-refractivity contribution is 14.1. The Bertz CT molecular complexity index is 1600. The summed E-state index contributed by atoms with van der Waals surface area (Å²) in [6.07, 6.45) is 1.62. The molecule has 0 spiro atoms. The second-order valence-corrected chi connectivity index (χ2v) is 10.8. The van der Waals surface area contributed by atoms with Crippen molar-refractivity contribution in [1.82, 2.24) is 4.90 Å². The molecule has 0 unspecified atom stereocenters. The maximum absolute atomic E-state index is 13.1. The van der Waals surface area contributed by atoms with E-state index >= 15 is 0 Å². The fourth-order valence-electron chi connectivity index (χ4n) is 4.15. The highest BCUT2D eigenvalue weighted by Gasteiger charge is 2.36. The fraction of sp³-hybridized carbons (Fsp3) is 0.100. The average molecular weight is 650 g/mol. The number of thioether (sulfide) groups is 1. The molecule has 0 bridgehead atoms. The molecule has 0 radical (unpaired) electrons. The summed E-state index contributed by atoms with van der Waals surface area (Å²) in [6.45, 7) is 0.00459. The van der Waals surface area contributed by atoms with Crippen LogP contribution >= 0.6 is 34.4 Å². The molecule has 0 aliphatic carbocycles. The van der Waals surface area contributed by atoms with Gasteiger partial charge in [-0.3, -0.25) is 19.3 Å². The van der Waals surface area contributed by atoms with E-state index in [9.17, 15) is 14.4 Å². The Hall–Kier alpha value is -3.83. The molecule has 196 valence electrons. The molecular formula is C30H23IN2O5S. The van der Waals surface area contributed by atoms with E-state index in [0.717, 1.165) is 36.6 Å². The van der Waals surface area contributed by atoms with E-state index in [4.69, 9.17) is 9.47 Å². The Kier molecular flexibility index (Phi) is 8.18. The second kappa shape index (κ2) is 11.9. The van der Waals surface area contributed by atoms with Gasteiger partial charge in [-0.05, 0) is 75.1 Å². The number of carbonyl (C=O) groups excluding carboxylic acids is 3. The summed E-state index contributed by atoms with van der Waals surface area (Å²) in [7, 11) is 1.55. The van der Waals surface area contributed by atoms with E-state index in [2.05, 4.69) is 27.9 Å². The Labute approximate surface area is 243 Å². The van der Waals surface area contributed by atoms with Crippen LogP contribution in [-0.2, 0) is 16.2 Å². The minimum atomic E-state index is -0.517. The van der Waals surface area contributed by atoms with Crippen LogP contribution < -0.4 is 14.8 Å². The van der Waals surface area contributed by atoms with E-state index < -0.39 is 17.1 Å². The number of ether oxygens (including phenoxy) is 2. The van der Waals surface area contributed by atoms with Crippen molar-refractivity contribution in [3.63, 3.8) is 0 Å². The van der Waals surface area contributed by atoms with Gasteiger partial charge in [-0.2, -0.15) is 0 Å². The van der Waals surface area contributed by atoms with E-state index in [1.54, 1.807) is 25.3 Å². The highest BCUT2D eigenvalue weighted by atomic mass is 127. The van der Waals surface area contributed by atoms with Gasteiger partial charge in [-0.1, -0.05) is 66.7 Å². The van der Waals surface area contributed by atoms with Gasteiger partial charge in [-0.15, -0.1) is 0 Å². The molecule has 1 aliphatic heterocycles. The molecule has 1 heterocycles. The van der Waals surface area contributed by atoms with Gasteiger partial charge in [0.25, 0.3) is 11.1 Å². The quantitative estimate of drug-likeness (QED) is 0.169. The molecule has 0 aromatic heterocycles. The molecule has 1 saturated heterocycles. The summed E-state index contributed by atoms with van der Waals surface area (Å²) < 4.78 is 12.4. The number of hydrogen-bond acceptors (Lipinski definition) is 6. The number of nitrogens with one attached hydrogen (secondary N) is 1. The molecule has 4 aromatic carbocycles. The smallest absolute Gasteiger partial charge is 0.294 e. The first-order valence-corrected chi connectivity index (χ1v) is 13.9. The van der Waals surface area contributed by atoms with Crippen LogP contribution in [0.2, 0.25) is 0 Å². The predicted molar refractivity (Wildman–Crippen MR) is 162 cm³/mol. The molecule has 39 heavy (non-hydrogen) atoms. The van der Waals surface area contributed by atoms with Crippen LogP contribution in [0.1, 0.15) is 11.1 Å². The monoisotopic (exact) mass is 650 g/mol. The number of carbonyl (C=O) groups is 3. The molecule has 3 amide bonds. The molecule has 1 fully saturated rings. The van der Waals surface area contributed by atoms with Crippen molar-refractivity contribution in [2.45, 2.75) is 6.61 Å². The predicted octanol–water partition coefficient (Wildman–Crippen LogP) is 6.71. The minimum Gasteiger partial charge on any atom is -0.493 e. The maximum atomic E-state index is 13.1. The second-order valence-electron chi connectivity index (χ2n) is 8.65. The first-order chi connectivity index (χ1) is 18.9. The summed E-state index contributed by atoms with van der Waals surface area (Å²) >= 11 is 2.96. The lowest BCUT2D eigenvalue weighted by Gasteiger charge is -2.14. The Morgan fingerprint density at radius 1 is 1.00 bits per heavy atom. The summed E-state index contributed by atoms with van der Waals surface area (Å²) in [5.74, 6) is 0.137. The van der Waals surface area contributed by atoms with E-state index in [1.807, 2.05) is 72.8 Å². The van der Waals surface area contributed by atoms with E-state index in [1.165, 1.54) is 0 Å². The lowest BCUT2D eigenvalue weighted by Crippen LogP contribution is -2.36. The molecule has 1 aliphatic rings. The summed E-state index contributed by atoms with van der Waals surface area (Å²) in [5, 5.41) is 4.18. The third kappa shape index (κ3) is 6.10. The summed E-state index contributed by atoms with van der Waals surface area (Å²) in [4.78, 5) is 39.7. The number of imide groups is 1. The molecule has 7 nitrogen and oxygen atoms in total. The van der Waals surface area contributed by atoms with Crippen LogP contribution in [0.15, 0.2) is 89.8 Å². The number of amides is 3. The van der Waals surface area contributed by atoms with Crippen LogP contribution in [0.4, 0.5) is 10.5 Å². The van der Waals surface area contributed by atoms with Gasteiger partial charge >= 0.3 is 0 Å². The van der Waals surface area contributed by atoms with Crippen molar-refractivity contribution in [2.75, 3.05) is 19.0 Å². The van der Waals surface area contributed by atoms with Gasteiger partial charge in [0.1, 0.15) is 13.2 Å². The number of hydrogen-bond donors (Lipinski definition) is 1. The molecule has 1 N–H and O–H groups in total. The molecule has 5 rings (SSSR count). The maximum Gasteiger partial charge on any atom is 0.294 e. The lowest BCUT2D eigenvalue weighted by molar-refractivity contribution is -0.127. The lowest BCUT2D eigenvalue weighted by atomic mass is 10.1. The number of fused-ring (bicyclic) bond motifs is 1. The highest BCUT2D eigenvalue weighted by Crippen LogP contribution is 2.37. The third-order valence-corrected chi connectivity index (χ3v) is 7.72. The third-order valence-electron chi connectivity index (χ3n) is 6.01. The topological polar surface area (TPSA) is 84.9 Å². The van der Waals surface area contributed by atoms with E-state index in [0.29, 0.717) is 29.4 Å². The first-order valence-electron chi connectivity index (χ1n) is 12.0. The van der Waals surface area contributed by atoms with Crippen molar-refractivity contribution >= 4 is 73.9 Å². The van der Waals surface area contributed by atoms with Gasteiger partial charge in [0.15, 0.2) is 11.5 Å². The first kappa shape index (κ1) is 26.8. The van der Waals surface area contributed by atoms with Crippen molar-refractivity contribution in [1.29, 1.82) is 0 Å². The van der Waals surface area contributed by atoms with E-state index in [-0.39, 0.29) is 11.4 Å². The zero-order valence-electron chi connectivity index (χ0n) is 20.8. The normalized spacial score (nSPS) is 14.2. The van der Waals surface area contributed by atoms with Gasteiger partial charge in [-0.25, -0.2) is 0 Å². The molecule has 0 atom stereocenters. The summed E-state index contributed by atoms with van der Waals surface area (Å²) in [6, 6.07) is 26.6. The number of anilines is 1. The van der Waals surface area contributed by atoms with Crippen molar-refractivity contribution < 1.29 is 23.9 Å². The van der Waals surface area contributed by atoms with Gasteiger partial charge < -0.3 is 14.8 Å². The van der Waals surface area contributed by atoms with Crippen LogP contribution in [0.25, 0.3) is 16.8 Å². The van der Waals surface area contributed by atoms with Crippen molar-refractivity contribution in [2.24, 2.45) is 0 Å². The largest absolute Gasteiger partial charge is 0.493 e. The SMILES string of the molecule is COc1cc(/C=C2/SC(=O)N(CC(=O)Nc3cccc4ccccc34)C2=O)cc(I)c1OCc1ccccc1.